The predicted octanol–water partition coefficient (Wildman–Crippen LogP) is 2.05. The van der Waals surface area contributed by atoms with Crippen LogP contribution in [0.2, 0.25) is 0 Å². The molecule has 0 amide bonds. The van der Waals surface area contributed by atoms with Gasteiger partial charge in [-0.3, -0.25) is 14.6 Å². The SMILES string of the molecule is CCOc1[nH]n(C)c(=O)c1/C(C)=N/OCc1ccccc1. The standard InChI is InChI=1S/C15H19N3O3/c1-4-20-14-13(15(19)18(3)16-14)11(2)17-21-10-12-8-6-5-7-9-12/h5-9,16H,4,10H2,1-3H3/b17-11+. The monoisotopic (exact) mass is 289 g/mol. The fourth-order valence-corrected chi connectivity index (χ4v) is 1.92. The van der Waals surface area contributed by atoms with Crippen molar-refractivity contribution in [2.45, 2.75) is 20.5 Å². The molecule has 112 valence electrons. The Balaban J connectivity index is 2.14. The van der Waals surface area contributed by atoms with Gasteiger partial charge >= 0.3 is 0 Å². The smallest absolute Gasteiger partial charge is 0.279 e. The highest BCUT2D eigenvalue weighted by atomic mass is 16.6. The van der Waals surface area contributed by atoms with Gasteiger partial charge in [-0.2, -0.15) is 0 Å². The molecule has 1 aromatic heterocycles. The molecule has 0 bridgehead atoms. The summed E-state index contributed by atoms with van der Waals surface area (Å²) in [5.74, 6) is 0.412. The Hall–Kier alpha value is -2.50. The average Bonchev–Trinajstić information content (AvgIpc) is 2.75. The van der Waals surface area contributed by atoms with Crippen LogP contribution in [-0.2, 0) is 18.5 Å². The average molecular weight is 289 g/mol. The molecule has 1 heterocycles. The van der Waals surface area contributed by atoms with Crippen LogP contribution in [0.4, 0.5) is 0 Å². The fourth-order valence-electron chi connectivity index (χ4n) is 1.92. The van der Waals surface area contributed by atoms with Crippen LogP contribution in [0.1, 0.15) is 25.0 Å². The van der Waals surface area contributed by atoms with E-state index in [0.717, 1.165) is 5.56 Å². The van der Waals surface area contributed by atoms with Crippen molar-refractivity contribution in [2.24, 2.45) is 12.2 Å². The van der Waals surface area contributed by atoms with E-state index in [1.54, 1.807) is 14.0 Å². The summed E-state index contributed by atoms with van der Waals surface area (Å²) in [5.41, 5.74) is 1.70. The molecule has 0 saturated heterocycles. The van der Waals surface area contributed by atoms with Crippen molar-refractivity contribution in [1.29, 1.82) is 0 Å². The summed E-state index contributed by atoms with van der Waals surface area (Å²) in [5, 5.41) is 6.86. The summed E-state index contributed by atoms with van der Waals surface area (Å²) in [4.78, 5) is 17.4. The van der Waals surface area contributed by atoms with Crippen molar-refractivity contribution >= 4 is 5.71 Å². The van der Waals surface area contributed by atoms with E-state index in [1.807, 2.05) is 37.3 Å². The van der Waals surface area contributed by atoms with Gasteiger partial charge in [0.25, 0.3) is 5.56 Å². The minimum Gasteiger partial charge on any atom is -0.478 e. The van der Waals surface area contributed by atoms with Crippen LogP contribution in [0, 0.1) is 0 Å². The Labute approximate surface area is 123 Å². The Kier molecular flexibility index (Phi) is 4.81. The maximum absolute atomic E-state index is 12.1. The number of hydrogen-bond acceptors (Lipinski definition) is 4. The van der Waals surface area contributed by atoms with E-state index in [9.17, 15) is 4.79 Å². The zero-order chi connectivity index (χ0) is 15.2. The van der Waals surface area contributed by atoms with Crippen LogP contribution in [0.15, 0.2) is 40.3 Å². The largest absolute Gasteiger partial charge is 0.478 e. The normalized spacial score (nSPS) is 11.5. The Bertz CT molecular complexity index is 671. The second-order valence-corrected chi connectivity index (χ2v) is 4.55. The molecule has 2 aromatic rings. The number of aromatic amines is 1. The Morgan fingerprint density at radius 1 is 1.33 bits per heavy atom. The van der Waals surface area contributed by atoms with Crippen LogP contribution in [0.5, 0.6) is 5.88 Å². The zero-order valence-corrected chi connectivity index (χ0v) is 12.4. The molecule has 0 aliphatic heterocycles. The number of benzene rings is 1. The Morgan fingerprint density at radius 2 is 2.05 bits per heavy atom. The van der Waals surface area contributed by atoms with Crippen LogP contribution in [0.3, 0.4) is 0 Å². The molecule has 1 aromatic carbocycles. The van der Waals surface area contributed by atoms with Crippen molar-refractivity contribution in [3.63, 3.8) is 0 Å². The quantitative estimate of drug-likeness (QED) is 0.653. The molecular weight excluding hydrogens is 270 g/mol. The molecular formula is C15H19N3O3. The molecule has 0 atom stereocenters. The van der Waals surface area contributed by atoms with Crippen LogP contribution in [0.25, 0.3) is 0 Å². The van der Waals surface area contributed by atoms with Gasteiger partial charge in [-0.15, -0.1) is 0 Å². The topological polar surface area (TPSA) is 68.6 Å². The van der Waals surface area contributed by atoms with E-state index in [0.29, 0.717) is 30.4 Å². The molecule has 0 saturated carbocycles. The summed E-state index contributed by atoms with van der Waals surface area (Å²) in [6.45, 7) is 4.39. The van der Waals surface area contributed by atoms with Gasteiger partial charge in [-0.1, -0.05) is 35.5 Å². The van der Waals surface area contributed by atoms with E-state index in [-0.39, 0.29) is 5.56 Å². The molecule has 6 heteroatoms. The third-order valence-electron chi connectivity index (χ3n) is 2.94. The first kappa shape index (κ1) is 14.9. The lowest BCUT2D eigenvalue weighted by Crippen LogP contribution is -2.18. The van der Waals surface area contributed by atoms with Gasteiger partial charge in [-0.25, -0.2) is 0 Å². The maximum Gasteiger partial charge on any atom is 0.279 e. The molecule has 0 spiro atoms. The van der Waals surface area contributed by atoms with Crippen molar-refractivity contribution in [1.82, 2.24) is 9.78 Å². The highest BCUT2D eigenvalue weighted by Crippen LogP contribution is 2.12. The summed E-state index contributed by atoms with van der Waals surface area (Å²) < 4.78 is 6.77. The van der Waals surface area contributed by atoms with Crippen molar-refractivity contribution in [3.8, 4) is 5.88 Å². The van der Waals surface area contributed by atoms with Gasteiger partial charge in [0.05, 0.1) is 12.3 Å². The van der Waals surface area contributed by atoms with Gasteiger partial charge in [0.2, 0.25) is 5.88 Å². The van der Waals surface area contributed by atoms with Crippen molar-refractivity contribution in [3.05, 3.63) is 51.8 Å². The number of H-pyrrole nitrogens is 1. The van der Waals surface area contributed by atoms with Gasteiger partial charge in [-0.05, 0) is 19.4 Å². The summed E-state index contributed by atoms with van der Waals surface area (Å²) in [7, 11) is 1.63. The molecule has 0 unspecified atom stereocenters. The number of nitrogens with zero attached hydrogens (tertiary/aromatic N) is 2. The van der Waals surface area contributed by atoms with E-state index in [2.05, 4.69) is 10.3 Å². The maximum atomic E-state index is 12.1. The number of nitrogens with one attached hydrogen (secondary N) is 1. The second kappa shape index (κ2) is 6.78. The van der Waals surface area contributed by atoms with Gasteiger partial charge in [0, 0.05) is 7.05 Å². The number of aromatic nitrogens is 2. The van der Waals surface area contributed by atoms with Gasteiger partial charge in [0.15, 0.2) is 0 Å². The molecule has 1 N–H and O–H groups in total. The number of oxime groups is 1. The fraction of sp³-hybridized carbons (Fsp3) is 0.333. The molecule has 6 nitrogen and oxygen atoms in total. The van der Waals surface area contributed by atoms with Crippen molar-refractivity contribution in [2.75, 3.05) is 6.61 Å². The first-order valence-corrected chi connectivity index (χ1v) is 6.76. The molecule has 0 fully saturated rings. The van der Waals surface area contributed by atoms with Crippen LogP contribution >= 0.6 is 0 Å². The van der Waals surface area contributed by atoms with Gasteiger partial charge < -0.3 is 9.57 Å². The molecule has 0 aliphatic rings. The summed E-state index contributed by atoms with van der Waals surface area (Å²) >= 11 is 0. The predicted molar refractivity (Wildman–Crippen MR) is 80.6 cm³/mol. The molecule has 0 aliphatic carbocycles. The number of ether oxygens (including phenoxy) is 1. The van der Waals surface area contributed by atoms with E-state index >= 15 is 0 Å². The van der Waals surface area contributed by atoms with Gasteiger partial charge in [0.1, 0.15) is 12.2 Å². The third kappa shape index (κ3) is 3.53. The Morgan fingerprint density at radius 3 is 2.71 bits per heavy atom. The highest BCUT2D eigenvalue weighted by Gasteiger charge is 2.17. The zero-order valence-electron chi connectivity index (χ0n) is 12.4. The van der Waals surface area contributed by atoms with Crippen LogP contribution < -0.4 is 10.3 Å². The minimum absolute atomic E-state index is 0.192. The second-order valence-electron chi connectivity index (χ2n) is 4.55. The third-order valence-corrected chi connectivity index (χ3v) is 2.94. The minimum atomic E-state index is -0.192. The lowest BCUT2D eigenvalue weighted by molar-refractivity contribution is 0.130. The lowest BCUT2D eigenvalue weighted by Gasteiger charge is -2.03. The highest BCUT2D eigenvalue weighted by molar-refractivity contribution is 6.00. The first-order chi connectivity index (χ1) is 10.1. The molecule has 0 radical (unpaired) electrons. The first-order valence-electron chi connectivity index (χ1n) is 6.76. The van der Waals surface area contributed by atoms with Crippen molar-refractivity contribution < 1.29 is 9.57 Å². The number of hydrogen-bond donors (Lipinski definition) is 1. The van der Waals surface area contributed by atoms with E-state index in [1.165, 1.54) is 4.68 Å². The van der Waals surface area contributed by atoms with Crippen LogP contribution in [-0.4, -0.2) is 22.1 Å². The van der Waals surface area contributed by atoms with E-state index < -0.39 is 0 Å². The lowest BCUT2D eigenvalue weighted by atomic mass is 10.2. The number of rotatable bonds is 6. The van der Waals surface area contributed by atoms with E-state index in [4.69, 9.17) is 9.57 Å². The summed E-state index contributed by atoms with van der Waals surface area (Å²) in [6, 6.07) is 9.71. The molecule has 21 heavy (non-hydrogen) atoms. The summed E-state index contributed by atoms with van der Waals surface area (Å²) in [6.07, 6.45) is 0. The number of aryl methyl sites for hydroxylation is 1. The molecule has 2 rings (SSSR count).